The summed E-state index contributed by atoms with van der Waals surface area (Å²) in [6, 6.07) is 6.68. The number of aryl methyl sites for hydroxylation is 2. The van der Waals surface area contributed by atoms with Gasteiger partial charge in [0.1, 0.15) is 10.0 Å². The fourth-order valence-corrected chi connectivity index (χ4v) is 4.11. The molecule has 0 aliphatic rings. The van der Waals surface area contributed by atoms with Gasteiger partial charge in [-0.15, -0.1) is 0 Å². The maximum atomic E-state index is 12.6. The average Bonchev–Trinajstić information content (AvgIpc) is 2.74. The number of sulfonamides is 1. The molecule has 0 spiro atoms. The fourth-order valence-electron chi connectivity index (χ4n) is 2.10. The number of benzene rings is 1. The normalized spacial score (nSPS) is 11.8. The van der Waals surface area contributed by atoms with Crippen molar-refractivity contribution in [3.8, 4) is 0 Å². The molecule has 0 bridgehead atoms. The van der Waals surface area contributed by atoms with Gasteiger partial charge in [-0.2, -0.15) is 9.40 Å². The molecule has 0 atom stereocenters. The van der Waals surface area contributed by atoms with Gasteiger partial charge in [0.2, 0.25) is 15.9 Å². The molecule has 1 heterocycles. The molecule has 1 aromatic heterocycles. The Kier molecular flexibility index (Phi) is 5.54. The van der Waals surface area contributed by atoms with Crippen molar-refractivity contribution < 1.29 is 13.2 Å². The van der Waals surface area contributed by atoms with Crippen LogP contribution in [0.4, 0.5) is 5.69 Å². The quantitative estimate of drug-likeness (QED) is 0.848. The van der Waals surface area contributed by atoms with E-state index >= 15 is 0 Å². The summed E-state index contributed by atoms with van der Waals surface area (Å²) < 4.78 is 27.4. The van der Waals surface area contributed by atoms with Crippen molar-refractivity contribution in [1.29, 1.82) is 0 Å². The molecule has 1 aromatic carbocycles. The lowest BCUT2D eigenvalue weighted by Crippen LogP contribution is -2.35. The number of hydrogen-bond donors (Lipinski definition) is 1. The van der Waals surface area contributed by atoms with Gasteiger partial charge >= 0.3 is 0 Å². The molecule has 0 radical (unpaired) electrons. The van der Waals surface area contributed by atoms with Crippen LogP contribution in [0.3, 0.4) is 0 Å². The van der Waals surface area contributed by atoms with Gasteiger partial charge < -0.3 is 5.32 Å². The number of carbonyl (C=O) groups excluding carboxylic acids is 1. The van der Waals surface area contributed by atoms with Gasteiger partial charge in [0.25, 0.3) is 0 Å². The Morgan fingerprint density at radius 1 is 1.33 bits per heavy atom. The summed E-state index contributed by atoms with van der Waals surface area (Å²) in [6.07, 6.45) is 0. The van der Waals surface area contributed by atoms with Crippen LogP contribution in [0.1, 0.15) is 5.69 Å². The topological polar surface area (TPSA) is 84.3 Å². The molecule has 0 aliphatic heterocycles. The summed E-state index contributed by atoms with van der Waals surface area (Å²) >= 11 is 12.0. The van der Waals surface area contributed by atoms with E-state index in [1.165, 1.54) is 18.7 Å². The molecule has 0 aliphatic carbocycles. The monoisotopic (exact) mass is 390 g/mol. The molecule has 2 rings (SSSR count). The van der Waals surface area contributed by atoms with Crippen molar-refractivity contribution in [2.75, 3.05) is 18.9 Å². The SMILES string of the molecule is Cc1nn(C)c(Cl)c1S(=O)(=O)N(C)CC(=O)Nc1ccccc1Cl. The van der Waals surface area contributed by atoms with E-state index in [9.17, 15) is 13.2 Å². The molecular weight excluding hydrogens is 375 g/mol. The van der Waals surface area contributed by atoms with Crippen LogP contribution in [-0.4, -0.2) is 42.0 Å². The zero-order valence-electron chi connectivity index (χ0n) is 13.2. The van der Waals surface area contributed by atoms with Crippen LogP contribution in [0.5, 0.6) is 0 Å². The Labute approximate surface area is 150 Å². The summed E-state index contributed by atoms with van der Waals surface area (Å²) in [7, 11) is -1.12. The Morgan fingerprint density at radius 3 is 2.50 bits per heavy atom. The number of nitrogens with zero attached hydrogens (tertiary/aromatic N) is 3. The van der Waals surface area contributed by atoms with Crippen LogP contribution in [0.15, 0.2) is 29.2 Å². The molecule has 7 nitrogen and oxygen atoms in total. The maximum absolute atomic E-state index is 12.6. The first-order chi connectivity index (χ1) is 11.1. The third-order valence-electron chi connectivity index (χ3n) is 3.28. The molecule has 24 heavy (non-hydrogen) atoms. The number of carbonyl (C=O) groups is 1. The largest absolute Gasteiger partial charge is 0.324 e. The van der Waals surface area contributed by atoms with Gasteiger partial charge in [-0.05, 0) is 19.1 Å². The molecule has 0 saturated carbocycles. The molecule has 1 N–H and O–H groups in total. The fraction of sp³-hybridized carbons (Fsp3) is 0.286. The number of aromatic nitrogens is 2. The van der Waals surface area contributed by atoms with Crippen molar-refractivity contribution in [2.24, 2.45) is 7.05 Å². The number of hydrogen-bond acceptors (Lipinski definition) is 4. The van der Waals surface area contributed by atoms with E-state index in [4.69, 9.17) is 23.2 Å². The molecule has 0 unspecified atom stereocenters. The summed E-state index contributed by atoms with van der Waals surface area (Å²) in [5.41, 5.74) is 0.673. The minimum atomic E-state index is -3.95. The van der Waals surface area contributed by atoms with Gasteiger partial charge in [0.15, 0.2) is 0 Å². The third kappa shape index (κ3) is 3.72. The zero-order valence-corrected chi connectivity index (χ0v) is 15.6. The number of para-hydroxylation sites is 1. The van der Waals surface area contributed by atoms with Gasteiger partial charge in [-0.3, -0.25) is 9.48 Å². The summed E-state index contributed by atoms with van der Waals surface area (Å²) in [5.74, 6) is -0.521. The van der Waals surface area contributed by atoms with E-state index in [2.05, 4.69) is 10.4 Å². The van der Waals surface area contributed by atoms with Crippen LogP contribution in [-0.2, 0) is 21.9 Å². The van der Waals surface area contributed by atoms with Crippen LogP contribution in [0, 0.1) is 6.92 Å². The molecule has 10 heteroatoms. The molecular formula is C14H16Cl2N4O3S. The Balaban J connectivity index is 2.18. The highest BCUT2D eigenvalue weighted by Gasteiger charge is 2.30. The van der Waals surface area contributed by atoms with E-state index < -0.39 is 22.5 Å². The molecule has 130 valence electrons. The van der Waals surface area contributed by atoms with Crippen LogP contribution >= 0.6 is 23.2 Å². The number of rotatable bonds is 5. The lowest BCUT2D eigenvalue weighted by atomic mass is 10.3. The van der Waals surface area contributed by atoms with E-state index in [0.29, 0.717) is 10.7 Å². The first kappa shape index (κ1) is 18.7. The zero-order chi connectivity index (χ0) is 18.1. The van der Waals surface area contributed by atoms with Crippen LogP contribution in [0.25, 0.3) is 0 Å². The first-order valence-corrected chi connectivity index (χ1v) is 9.04. The predicted molar refractivity (Wildman–Crippen MR) is 92.9 cm³/mol. The average molecular weight is 391 g/mol. The lowest BCUT2D eigenvalue weighted by Gasteiger charge is -2.17. The highest BCUT2D eigenvalue weighted by molar-refractivity contribution is 7.89. The number of anilines is 1. The molecule has 1 amide bonds. The van der Waals surface area contributed by atoms with Crippen LogP contribution < -0.4 is 5.32 Å². The summed E-state index contributed by atoms with van der Waals surface area (Å²) in [4.78, 5) is 12.0. The van der Waals surface area contributed by atoms with Gasteiger partial charge in [0.05, 0.1) is 22.9 Å². The maximum Gasteiger partial charge on any atom is 0.248 e. The van der Waals surface area contributed by atoms with Crippen molar-refractivity contribution in [1.82, 2.24) is 14.1 Å². The van der Waals surface area contributed by atoms with Crippen molar-refractivity contribution in [2.45, 2.75) is 11.8 Å². The second-order valence-corrected chi connectivity index (χ2v) is 7.86. The Hall–Kier alpha value is -1.61. The minimum Gasteiger partial charge on any atom is -0.324 e. The van der Waals surface area contributed by atoms with E-state index in [-0.39, 0.29) is 15.7 Å². The van der Waals surface area contributed by atoms with Gasteiger partial charge in [0, 0.05) is 14.1 Å². The number of likely N-dealkylation sites (N-methyl/N-ethyl adjacent to an activating group) is 1. The van der Waals surface area contributed by atoms with E-state index in [1.54, 1.807) is 31.3 Å². The van der Waals surface area contributed by atoms with E-state index in [0.717, 1.165) is 4.31 Å². The number of amides is 1. The lowest BCUT2D eigenvalue weighted by molar-refractivity contribution is -0.116. The number of halogens is 2. The van der Waals surface area contributed by atoms with Crippen LogP contribution in [0.2, 0.25) is 10.2 Å². The molecule has 0 saturated heterocycles. The van der Waals surface area contributed by atoms with Crippen molar-refractivity contribution in [3.63, 3.8) is 0 Å². The standard InChI is InChI=1S/C14H16Cl2N4O3S/c1-9-13(14(16)20(3)18-9)24(22,23)19(2)8-12(21)17-11-7-5-4-6-10(11)15/h4-7H,8H2,1-3H3,(H,17,21). The second-order valence-electron chi connectivity index (χ2n) is 5.12. The highest BCUT2D eigenvalue weighted by Crippen LogP contribution is 2.27. The Morgan fingerprint density at radius 2 is 1.96 bits per heavy atom. The summed E-state index contributed by atoms with van der Waals surface area (Å²) in [6.45, 7) is 1.15. The molecule has 2 aromatic rings. The summed E-state index contributed by atoms with van der Waals surface area (Å²) in [5, 5.41) is 6.90. The van der Waals surface area contributed by atoms with Crippen molar-refractivity contribution >= 4 is 44.8 Å². The predicted octanol–water partition coefficient (Wildman–Crippen LogP) is 2.29. The van der Waals surface area contributed by atoms with Gasteiger partial charge in [-0.1, -0.05) is 35.3 Å². The second kappa shape index (κ2) is 7.10. The van der Waals surface area contributed by atoms with E-state index in [1.807, 2.05) is 0 Å². The third-order valence-corrected chi connectivity index (χ3v) is 6.11. The highest BCUT2D eigenvalue weighted by atomic mass is 35.5. The van der Waals surface area contributed by atoms with Gasteiger partial charge in [-0.25, -0.2) is 8.42 Å². The molecule has 0 fully saturated rings. The smallest absolute Gasteiger partial charge is 0.248 e. The Bertz CT molecular complexity index is 880. The first-order valence-electron chi connectivity index (χ1n) is 6.84. The number of nitrogens with one attached hydrogen (secondary N) is 1. The minimum absolute atomic E-state index is 0.00846. The van der Waals surface area contributed by atoms with Crippen molar-refractivity contribution in [3.05, 3.63) is 40.1 Å².